The van der Waals surface area contributed by atoms with Gasteiger partial charge in [-0.15, -0.1) is 11.3 Å². The monoisotopic (exact) mass is 305 g/mol. The Morgan fingerprint density at radius 2 is 2.05 bits per heavy atom. The molecule has 1 aliphatic carbocycles. The molecule has 0 aromatic carbocycles. The van der Waals surface area contributed by atoms with Crippen molar-refractivity contribution in [3.63, 3.8) is 0 Å². The Morgan fingerprint density at radius 3 is 2.76 bits per heavy atom. The minimum absolute atomic E-state index is 0.321. The van der Waals surface area contributed by atoms with Crippen molar-refractivity contribution in [1.29, 1.82) is 0 Å². The van der Waals surface area contributed by atoms with E-state index in [1.54, 1.807) is 6.33 Å². The molecule has 0 saturated heterocycles. The number of ether oxygens (including phenoxy) is 1. The SMILES string of the molecule is COC(=O)c1cc2c(NC3CCCCCC3)ncnc2s1. The molecule has 112 valence electrons. The molecule has 0 atom stereocenters. The lowest BCUT2D eigenvalue weighted by Gasteiger charge is -2.17. The van der Waals surface area contributed by atoms with Gasteiger partial charge in [0, 0.05) is 6.04 Å². The molecule has 1 N–H and O–H groups in total. The Bertz CT molecular complexity index is 633. The highest BCUT2D eigenvalue weighted by atomic mass is 32.1. The zero-order chi connectivity index (χ0) is 14.7. The van der Waals surface area contributed by atoms with Crippen LogP contribution in [-0.4, -0.2) is 29.1 Å². The minimum Gasteiger partial charge on any atom is -0.465 e. The van der Waals surface area contributed by atoms with Gasteiger partial charge in [0.25, 0.3) is 0 Å². The average molecular weight is 305 g/mol. The average Bonchev–Trinajstić information content (AvgIpc) is 2.78. The molecule has 0 amide bonds. The van der Waals surface area contributed by atoms with Crippen LogP contribution >= 0.6 is 11.3 Å². The maximum absolute atomic E-state index is 11.6. The summed E-state index contributed by atoms with van der Waals surface area (Å²) in [6.07, 6.45) is 9.09. The van der Waals surface area contributed by atoms with E-state index in [9.17, 15) is 4.79 Å². The van der Waals surface area contributed by atoms with E-state index in [1.165, 1.54) is 57.0 Å². The molecule has 0 bridgehead atoms. The summed E-state index contributed by atoms with van der Waals surface area (Å²) < 4.78 is 4.78. The summed E-state index contributed by atoms with van der Waals surface area (Å²) in [4.78, 5) is 21.6. The first kappa shape index (κ1) is 14.3. The van der Waals surface area contributed by atoms with Crippen LogP contribution in [0.2, 0.25) is 0 Å². The molecule has 0 spiro atoms. The zero-order valence-corrected chi connectivity index (χ0v) is 12.9. The maximum Gasteiger partial charge on any atom is 0.348 e. The van der Waals surface area contributed by atoms with Gasteiger partial charge in [0.2, 0.25) is 0 Å². The van der Waals surface area contributed by atoms with E-state index in [1.807, 2.05) is 6.07 Å². The van der Waals surface area contributed by atoms with Crippen molar-refractivity contribution in [2.75, 3.05) is 12.4 Å². The van der Waals surface area contributed by atoms with Crippen LogP contribution in [0.4, 0.5) is 5.82 Å². The molecule has 21 heavy (non-hydrogen) atoms. The van der Waals surface area contributed by atoms with Crippen LogP contribution in [0.15, 0.2) is 12.4 Å². The molecule has 0 radical (unpaired) electrons. The number of hydrogen-bond acceptors (Lipinski definition) is 6. The maximum atomic E-state index is 11.6. The van der Waals surface area contributed by atoms with Gasteiger partial charge in [-0.3, -0.25) is 0 Å². The van der Waals surface area contributed by atoms with Gasteiger partial charge in [-0.05, 0) is 18.9 Å². The number of rotatable bonds is 3. The predicted molar refractivity (Wildman–Crippen MR) is 83.9 cm³/mol. The number of nitrogens with one attached hydrogen (secondary N) is 1. The van der Waals surface area contributed by atoms with Crippen LogP contribution in [0.25, 0.3) is 10.2 Å². The van der Waals surface area contributed by atoms with Crippen LogP contribution in [0.3, 0.4) is 0 Å². The predicted octanol–water partition coefficient (Wildman–Crippen LogP) is 3.61. The molecule has 2 heterocycles. The summed E-state index contributed by atoms with van der Waals surface area (Å²) in [6.45, 7) is 0. The van der Waals surface area contributed by atoms with E-state index in [2.05, 4.69) is 15.3 Å². The quantitative estimate of drug-likeness (QED) is 0.693. The molecule has 1 fully saturated rings. The lowest BCUT2D eigenvalue weighted by atomic mass is 10.1. The van der Waals surface area contributed by atoms with Crippen molar-refractivity contribution >= 4 is 33.3 Å². The van der Waals surface area contributed by atoms with Crippen molar-refractivity contribution in [2.45, 2.75) is 44.6 Å². The number of carbonyl (C=O) groups is 1. The number of hydrogen-bond donors (Lipinski definition) is 1. The van der Waals surface area contributed by atoms with Crippen molar-refractivity contribution in [3.05, 3.63) is 17.3 Å². The number of carbonyl (C=O) groups excluding carboxylic acids is 1. The van der Waals surface area contributed by atoms with Crippen molar-refractivity contribution in [1.82, 2.24) is 9.97 Å². The molecular weight excluding hydrogens is 286 g/mol. The largest absolute Gasteiger partial charge is 0.465 e. The van der Waals surface area contributed by atoms with Crippen LogP contribution in [0.5, 0.6) is 0 Å². The topological polar surface area (TPSA) is 64.1 Å². The molecule has 2 aromatic heterocycles. The Balaban J connectivity index is 1.87. The third-order valence-electron chi connectivity index (χ3n) is 3.91. The third kappa shape index (κ3) is 3.15. The highest BCUT2D eigenvalue weighted by Crippen LogP contribution is 2.30. The second-order valence-corrected chi connectivity index (χ2v) is 6.41. The Labute approximate surface area is 127 Å². The van der Waals surface area contributed by atoms with E-state index in [0.717, 1.165) is 16.0 Å². The van der Waals surface area contributed by atoms with E-state index in [-0.39, 0.29) is 5.97 Å². The van der Waals surface area contributed by atoms with Gasteiger partial charge in [-0.1, -0.05) is 25.7 Å². The molecule has 5 nitrogen and oxygen atoms in total. The number of nitrogens with zero attached hydrogens (tertiary/aromatic N) is 2. The first-order valence-electron chi connectivity index (χ1n) is 7.37. The van der Waals surface area contributed by atoms with Crippen molar-refractivity contribution < 1.29 is 9.53 Å². The van der Waals surface area contributed by atoms with E-state index in [4.69, 9.17) is 4.74 Å². The van der Waals surface area contributed by atoms with Crippen LogP contribution in [-0.2, 0) is 4.74 Å². The highest BCUT2D eigenvalue weighted by Gasteiger charge is 2.17. The second kappa shape index (κ2) is 6.39. The van der Waals surface area contributed by atoms with Gasteiger partial charge in [0.15, 0.2) is 0 Å². The van der Waals surface area contributed by atoms with Crippen LogP contribution in [0.1, 0.15) is 48.2 Å². The summed E-state index contributed by atoms with van der Waals surface area (Å²) in [5, 5.41) is 4.45. The van der Waals surface area contributed by atoms with Gasteiger partial charge >= 0.3 is 5.97 Å². The van der Waals surface area contributed by atoms with Crippen molar-refractivity contribution in [3.8, 4) is 0 Å². The molecule has 6 heteroatoms. The highest BCUT2D eigenvalue weighted by molar-refractivity contribution is 7.20. The minimum atomic E-state index is -0.321. The summed E-state index contributed by atoms with van der Waals surface area (Å²) in [5.41, 5.74) is 0. The van der Waals surface area contributed by atoms with Gasteiger partial charge in [-0.25, -0.2) is 14.8 Å². The number of methoxy groups -OCH3 is 1. The van der Waals surface area contributed by atoms with Gasteiger partial charge in [0.1, 0.15) is 21.9 Å². The van der Waals surface area contributed by atoms with Crippen molar-refractivity contribution in [2.24, 2.45) is 0 Å². The molecule has 1 aliphatic rings. The normalized spacial score (nSPS) is 16.6. The molecular formula is C15H19N3O2S. The van der Waals surface area contributed by atoms with E-state index in [0.29, 0.717) is 10.9 Å². The number of esters is 1. The number of fused-ring (bicyclic) bond motifs is 1. The number of anilines is 1. The lowest BCUT2D eigenvalue weighted by molar-refractivity contribution is 0.0606. The van der Waals surface area contributed by atoms with Gasteiger partial charge < -0.3 is 10.1 Å². The molecule has 3 rings (SSSR count). The van der Waals surface area contributed by atoms with Gasteiger partial charge in [-0.2, -0.15) is 0 Å². The number of thiophene rings is 1. The standard InChI is InChI=1S/C15H19N3O2S/c1-20-15(19)12-8-11-13(16-9-17-14(11)21-12)18-10-6-4-2-3-5-7-10/h8-10H,2-7H2,1H3,(H,16,17,18). The Morgan fingerprint density at radius 1 is 1.29 bits per heavy atom. The van der Waals surface area contributed by atoms with E-state index < -0.39 is 0 Å². The molecule has 1 saturated carbocycles. The fourth-order valence-corrected chi connectivity index (χ4v) is 3.71. The van der Waals surface area contributed by atoms with Crippen LogP contribution in [0, 0.1) is 0 Å². The molecule has 0 unspecified atom stereocenters. The van der Waals surface area contributed by atoms with Crippen LogP contribution < -0.4 is 5.32 Å². The lowest BCUT2D eigenvalue weighted by Crippen LogP contribution is -2.19. The second-order valence-electron chi connectivity index (χ2n) is 5.38. The fourth-order valence-electron chi connectivity index (χ4n) is 2.79. The number of aromatic nitrogens is 2. The summed E-state index contributed by atoms with van der Waals surface area (Å²) in [7, 11) is 1.39. The summed E-state index contributed by atoms with van der Waals surface area (Å²) in [6, 6.07) is 2.29. The summed E-state index contributed by atoms with van der Waals surface area (Å²) in [5.74, 6) is 0.511. The van der Waals surface area contributed by atoms with Gasteiger partial charge in [0.05, 0.1) is 12.5 Å². The molecule has 0 aliphatic heterocycles. The Kier molecular flexibility index (Phi) is 4.34. The summed E-state index contributed by atoms with van der Waals surface area (Å²) >= 11 is 1.34. The first-order chi connectivity index (χ1) is 10.3. The Hall–Kier alpha value is -1.69. The van der Waals surface area contributed by atoms with E-state index >= 15 is 0 Å². The first-order valence-corrected chi connectivity index (χ1v) is 8.19. The smallest absolute Gasteiger partial charge is 0.348 e. The molecule has 2 aromatic rings. The third-order valence-corrected chi connectivity index (χ3v) is 4.94. The fraction of sp³-hybridized carbons (Fsp3) is 0.533. The zero-order valence-electron chi connectivity index (χ0n) is 12.1.